The Balaban J connectivity index is 1.88. The predicted molar refractivity (Wildman–Crippen MR) is 115 cm³/mol. The second kappa shape index (κ2) is 8.27. The molecule has 140 valence electrons. The fourth-order valence-corrected chi connectivity index (χ4v) is 11.8. The minimum atomic E-state index is -1.55. The lowest BCUT2D eigenvalue weighted by Crippen LogP contribution is -2.19. The van der Waals surface area contributed by atoms with Crippen LogP contribution in [0.3, 0.4) is 0 Å². The lowest BCUT2D eigenvalue weighted by atomic mass is 9.90. The van der Waals surface area contributed by atoms with Crippen LogP contribution in [0.4, 0.5) is 0 Å². The molecule has 2 fully saturated rings. The van der Waals surface area contributed by atoms with Gasteiger partial charge in [0.25, 0.3) is 0 Å². The Labute approximate surface area is 156 Å². The first-order valence-electron chi connectivity index (χ1n) is 10.5. The highest BCUT2D eigenvalue weighted by molar-refractivity contribution is 7.67. The first-order chi connectivity index (χ1) is 12.1. The van der Waals surface area contributed by atoms with Crippen LogP contribution in [0.5, 0.6) is 0 Å². The zero-order chi connectivity index (χ0) is 18.0. The van der Waals surface area contributed by atoms with E-state index in [2.05, 4.69) is 52.0 Å². The molecule has 2 heterocycles. The van der Waals surface area contributed by atoms with Crippen LogP contribution in [0.1, 0.15) is 84.6 Å². The molecule has 2 saturated heterocycles. The molecule has 0 bridgehead atoms. The monoisotopic (exact) mass is 378 g/mol. The Kier molecular flexibility index (Phi) is 6.50. The van der Waals surface area contributed by atoms with Gasteiger partial charge in [-0.15, -0.1) is 0 Å². The molecule has 0 aromatic heterocycles. The maximum absolute atomic E-state index is 13.2. The maximum atomic E-state index is 13.2. The van der Waals surface area contributed by atoms with E-state index in [9.17, 15) is 4.57 Å². The van der Waals surface area contributed by atoms with Crippen LogP contribution >= 0.6 is 15.7 Å². The molecule has 1 unspecified atom stereocenters. The average molecular weight is 378 g/mol. The number of hydrogen-bond acceptors (Lipinski definition) is 1. The summed E-state index contributed by atoms with van der Waals surface area (Å²) in [6.45, 7) is 9.19. The van der Waals surface area contributed by atoms with E-state index in [1.165, 1.54) is 31.2 Å². The zero-order valence-corrected chi connectivity index (χ0v) is 18.4. The normalized spacial score (nSPS) is 36.2. The molecule has 0 aliphatic carbocycles. The molecule has 3 heteroatoms. The van der Waals surface area contributed by atoms with Crippen LogP contribution in [0.25, 0.3) is 0 Å². The minimum absolute atomic E-state index is 0.00548. The molecule has 3 rings (SSSR count). The second-order valence-electron chi connectivity index (χ2n) is 8.10. The van der Waals surface area contributed by atoms with E-state index in [1.807, 2.05) is 0 Å². The fourth-order valence-electron chi connectivity index (χ4n) is 5.43. The highest BCUT2D eigenvalue weighted by Gasteiger charge is 2.45. The van der Waals surface area contributed by atoms with Crippen molar-refractivity contribution in [2.75, 3.05) is 0 Å². The topological polar surface area (TPSA) is 17.1 Å². The molecule has 25 heavy (non-hydrogen) atoms. The van der Waals surface area contributed by atoms with Gasteiger partial charge in [-0.2, -0.15) is 0 Å². The van der Waals surface area contributed by atoms with Crippen LogP contribution in [-0.2, 0) is 9.72 Å². The molecular weight excluding hydrogens is 342 g/mol. The van der Waals surface area contributed by atoms with Gasteiger partial charge >= 0.3 is 0 Å². The van der Waals surface area contributed by atoms with E-state index in [4.69, 9.17) is 0 Å². The van der Waals surface area contributed by atoms with Crippen molar-refractivity contribution in [3.8, 4) is 0 Å². The van der Waals surface area contributed by atoms with Gasteiger partial charge in [0.15, 0.2) is 0 Å². The molecule has 1 aromatic rings. The van der Waals surface area contributed by atoms with Gasteiger partial charge in [-0.25, -0.2) is 0 Å². The third-order valence-electron chi connectivity index (χ3n) is 7.14. The number of hydrogen-bond donors (Lipinski definition) is 0. The van der Waals surface area contributed by atoms with Crippen LogP contribution in [0, 0.1) is 0 Å². The highest BCUT2D eigenvalue weighted by atomic mass is 31.1. The summed E-state index contributed by atoms with van der Waals surface area (Å²) in [5, 5.41) is 1.59. The van der Waals surface area contributed by atoms with Crippen molar-refractivity contribution in [1.29, 1.82) is 0 Å². The molecular formula is C22H36OP2. The Morgan fingerprint density at radius 3 is 2.00 bits per heavy atom. The smallest absolute Gasteiger partial charge is 0.0891 e. The Hall–Kier alpha value is -0.120. The van der Waals surface area contributed by atoms with E-state index >= 15 is 0 Å². The van der Waals surface area contributed by atoms with Gasteiger partial charge in [0.05, 0.1) is 7.80 Å². The van der Waals surface area contributed by atoms with Crippen molar-refractivity contribution >= 4 is 21.0 Å². The number of benzene rings is 1. The van der Waals surface area contributed by atoms with Crippen molar-refractivity contribution in [1.82, 2.24) is 0 Å². The van der Waals surface area contributed by atoms with Crippen LogP contribution in [0.15, 0.2) is 24.3 Å². The first kappa shape index (κ1) is 19.6. The lowest BCUT2D eigenvalue weighted by Gasteiger charge is -2.30. The summed E-state index contributed by atoms with van der Waals surface area (Å²) < 4.78 is 13.2. The van der Waals surface area contributed by atoms with E-state index in [1.54, 1.807) is 5.30 Å². The van der Waals surface area contributed by atoms with Crippen molar-refractivity contribution < 1.29 is 4.57 Å². The van der Waals surface area contributed by atoms with Crippen LogP contribution in [0.2, 0.25) is 0 Å². The van der Waals surface area contributed by atoms with Gasteiger partial charge in [0.2, 0.25) is 0 Å². The zero-order valence-electron chi connectivity index (χ0n) is 16.6. The summed E-state index contributed by atoms with van der Waals surface area (Å²) in [5.74, 6) is 0. The first-order valence-corrected chi connectivity index (χ1v) is 13.5. The molecule has 1 aromatic carbocycles. The van der Waals surface area contributed by atoms with Gasteiger partial charge < -0.3 is 4.57 Å². The SMILES string of the molecule is CC[C@@H]1CC[C@@H](CC)P1c1ccc([C@]2(CC)CC[C@@H](CC)[PH]2=O)cc1. The third-order valence-corrected chi connectivity index (χ3v) is 14.1. The lowest BCUT2D eigenvalue weighted by molar-refractivity contribution is 0.521. The van der Waals surface area contributed by atoms with E-state index in [0.29, 0.717) is 5.66 Å². The summed E-state index contributed by atoms with van der Waals surface area (Å²) in [4.78, 5) is 0. The van der Waals surface area contributed by atoms with Crippen molar-refractivity contribution in [2.45, 2.75) is 101 Å². The third kappa shape index (κ3) is 3.41. The standard InChI is InChI=1S/C22H36OP2/c1-5-18-13-14-19(6-2)24(18)21-11-9-17(10-12-21)22(8-4)16-15-20(7-3)25(22)23/h9-12,18-20,25H,5-8,13-16H2,1-4H3/t18-,19-,20-,22+/m1/s1. The summed E-state index contributed by atoms with van der Waals surface area (Å²) >= 11 is 0. The molecule has 5 atom stereocenters. The summed E-state index contributed by atoms with van der Waals surface area (Å²) in [7, 11) is -1.56. The van der Waals surface area contributed by atoms with Crippen LogP contribution < -0.4 is 5.30 Å². The van der Waals surface area contributed by atoms with Gasteiger partial charge in [-0.3, -0.25) is 0 Å². The van der Waals surface area contributed by atoms with Gasteiger partial charge in [0, 0.05) is 10.8 Å². The van der Waals surface area contributed by atoms with E-state index < -0.39 is 7.80 Å². The summed E-state index contributed by atoms with van der Waals surface area (Å²) in [6, 6.07) is 9.56. The van der Waals surface area contributed by atoms with Crippen molar-refractivity contribution in [2.24, 2.45) is 0 Å². The average Bonchev–Trinajstić information content (AvgIpc) is 3.22. The molecule has 2 aliphatic heterocycles. The summed E-state index contributed by atoms with van der Waals surface area (Å²) in [5.41, 5.74) is 3.67. The van der Waals surface area contributed by atoms with Crippen LogP contribution in [-0.4, -0.2) is 17.0 Å². The molecule has 0 saturated carbocycles. The predicted octanol–water partition coefficient (Wildman–Crippen LogP) is 6.88. The largest absolute Gasteiger partial charge is 0.326 e. The highest BCUT2D eigenvalue weighted by Crippen LogP contribution is 2.63. The van der Waals surface area contributed by atoms with Crippen molar-refractivity contribution in [3.05, 3.63) is 29.8 Å². The van der Waals surface area contributed by atoms with Gasteiger partial charge in [0.1, 0.15) is 0 Å². The molecule has 2 aliphatic rings. The molecule has 1 nitrogen and oxygen atoms in total. The minimum Gasteiger partial charge on any atom is -0.326 e. The maximum Gasteiger partial charge on any atom is 0.0891 e. The van der Waals surface area contributed by atoms with Crippen molar-refractivity contribution in [3.63, 3.8) is 0 Å². The Morgan fingerprint density at radius 1 is 0.960 bits per heavy atom. The molecule has 0 amide bonds. The van der Waals surface area contributed by atoms with Gasteiger partial charge in [-0.05, 0) is 73.6 Å². The molecule has 0 N–H and O–H groups in total. The Bertz CT molecular complexity index is 585. The van der Waals surface area contributed by atoms with E-state index in [0.717, 1.165) is 37.0 Å². The van der Waals surface area contributed by atoms with E-state index in [-0.39, 0.29) is 13.1 Å². The Morgan fingerprint density at radius 2 is 1.56 bits per heavy atom. The molecule has 0 spiro atoms. The number of rotatable bonds is 6. The molecule has 0 radical (unpaired) electrons. The van der Waals surface area contributed by atoms with Gasteiger partial charge in [-0.1, -0.05) is 59.9 Å². The fraction of sp³-hybridized carbons (Fsp3) is 0.727. The summed E-state index contributed by atoms with van der Waals surface area (Å²) in [6.07, 6.45) is 9.91. The quantitative estimate of drug-likeness (QED) is 0.493. The second-order valence-corrected chi connectivity index (χ2v) is 13.4.